The smallest absolute Gasteiger partial charge is 0.123 e. The molecule has 0 spiro atoms. The lowest BCUT2D eigenvalue weighted by molar-refractivity contribution is 0.389. The molecule has 0 unspecified atom stereocenters. The van der Waals surface area contributed by atoms with Gasteiger partial charge in [0.1, 0.15) is 11.5 Å². The van der Waals surface area contributed by atoms with Crippen molar-refractivity contribution < 1.29 is 9.47 Å². The lowest BCUT2D eigenvalue weighted by Gasteiger charge is -2.19. The Bertz CT molecular complexity index is 531. The molecule has 0 heterocycles. The summed E-state index contributed by atoms with van der Waals surface area (Å²) in [6, 6.07) is 9.95. The van der Waals surface area contributed by atoms with Gasteiger partial charge in [0, 0.05) is 24.6 Å². The van der Waals surface area contributed by atoms with E-state index >= 15 is 0 Å². The fourth-order valence-corrected chi connectivity index (χ4v) is 2.06. The molecule has 2 atom stereocenters. The van der Waals surface area contributed by atoms with Crippen LogP contribution in [0.1, 0.15) is 31.4 Å². The van der Waals surface area contributed by atoms with E-state index in [0.29, 0.717) is 19.4 Å². The summed E-state index contributed by atoms with van der Waals surface area (Å²) in [6.45, 7) is 2.55. The molecule has 1 N–H and O–H groups in total. The maximum absolute atomic E-state index is 9.07. The topological polar surface area (TPSA) is 78.1 Å². The van der Waals surface area contributed by atoms with Crippen LogP contribution in [-0.4, -0.2) is 20.8 Å². The van der Waals surface area contributed by atoms with Gasteiger partial charge in [-0.25, -0.2) is 0 Å². The van der Waals surface area contributed by atoms with E-state index in [1.165, 1.54) is 0 Å². The molecule has 0 fully saturated rings. The first-order valence-electron chi connectivity index (χ1n) is 6.88. The number of nitriles is 2. The van der Waals surface area contributed by atoms with E-state index < -0.39 is 0 Å². The number of nitrogens with one attached hydrogen (secondary N) is 1. The summed E-state index contributed by atoms with van der Waals surface area (Å²) in [5.41, 5.74) is 0.980. The maximum atomic E-state index is 9.07. The number of methoxy groups -OCH3 is 2. The van der Waals surface area contributed by atoms with Crippen LogP contribution < -0.4 is 14.8 Å². The lowest BCUT2D eigenvalue weighted by Crippen LogP contribution is -2.25. The highest BCUT2D eigenvalue weighted by atomic mass is 16.5. The molecule has 5 heteroatoms. The second-order valence-corrected chi connectivity index (χ2v) is 4.76. The molecule has 21 heavy (non-hydrogen) atoms. The minimum atomic E-state index is -0.163. The molecule has 5 nitrogen and oxygen atoms in total. The third kappa shape index (κ3) is 4.98. The molecule has 0 aromatic heterocycles. The molecule has 0 aliphatic carbocycles. The third-order valence-corrected chi connectivity index (χ3v) is 3.36. The van der Waals surface area contributed by atoms with E-state index in [-0.39, 0.29) is 12.0 Å². The van der Waals surface area contributed by atoms with Crippen LogP contribution in [0.25, 0.3) is 0 Å². The van der Waals surface area contributed by atoms with Gasteiger partial charge in [0.2, 0.25) is 0 Å². The van der Waals surface area contributed by atoms with E-state index in [2.05, 4.69) is 17.5 Å². The van der Waals surface area contributed by atoms with Crippen molar-refractivity contribution in [3.05, 3.63) is 23.8 Å². The summed E-state index contributed by atoms with van der Waals surface area (Å²) in [7, 11) is 3.25. The maximum Gasteiger partial charge on any atom is 0.123 e. The highest BCUT2D eigenvalue weighted by molar-refractivity contribution is 5.42. The largest absolute Gasteiger partial charge is 0.497 e. The van der Waals surface area contributed by atoms with Crippen LogP contribution in [0.2, 0.25) is 0 Å². The van der Waals surface area contributed by atoms with Crippen molar-refractivity contribution in [2.45, 2.75) is 25.8 Å². The zero-order chi connectivity index (χ0) is 15.7. The molecule has 0 aliphatic rings. The van der Waals surface area contributed by atoms with Gasteiger partial charge in [-0.3, -0.25) is 0 Å². The van der Waals surface area contributed by atoms with Crippen molar-refractivity contribution in [2.75, 3.05) is 20.8 Å². The van der Waals surface area contributed by atoms with Gasteiger partial charge in [0.25, 0.3) is 0 Å². The monoisotopic (exact) mass is 287 g/mol. The van der Waals surface area contributed by atoms with Crippen molar-refractivity contribution >= 4 is 0 Å². The first-order valence-corrected chi connectivity index (χ1v) is 6.88. The van der Waals surface area contributed by atoms with E-state index in [9.17, 15) is 0 Å². The van der Waals surface area contributed by atoms with E-state index in [4.69, 9.17) is 20.0 Å². The molecule has 1 rings (SSSR count). The Hall–Kier alpha value is -2.24. The van der Waals surface area contributed by atoms with Gasteiger partial charge < -0.3 is 14.8 Å². The SMILES string of the molecule is COc1ccc(OC)c([C@H](C)NC[C@@H](C#N)CCC#N)c1. The summed E-state index contributed by atoms with van der Waals surface area (Å²) in [5.74, 6) is 1.38. The van der Waals surface area contributed by atoms with Gasteiger partial charge >= 0.3 is 0 Å². The van der Waals surface area contributed by atoms with Gasteiger partial charge in [-0.2, -0.15) is 10.5 Å². The summed E-state index contributed by atoms with van der Waals surface area (Å²) in [5, 5.41) is 21.0. The Morgan fingerprint density at radius 1 is 1.24 bits per heavy atom. The Labute approximate surface area is 126 Å². The molecule has 1 aromatic rings. The Kier molecular flexibility index (Phi) is 7.08. The predicted molar refractivity (Wildman–Crippen MR) is 79.9 cm³/mol. The third-order valence-electron chi connectivity index (χ3n) is 3.36. The quantitative estimate of drug-likeness (QED) is 0.795. The first kappa shape index (κ1) is 16.8. The summed E-state index contributed by atoms with van der Waals surface area (Å²) >= 11 is 0. The number of benzene rings is 1. The van der Waals surface area contributed by atoms with Crippen LogP contribution in [0, 0.1) is 28.6 Å². The number of rotatable bonds is 8. The number of hydrogen-bond acceptors (Lipinski definition) is 5. The second kappa shape index (κ2) is 8.84. The van der Waals surface area contributed by atoms with Crippen LogP contribution in [0.15, 0.2) is 18.2 Å². The zero-order valence-corrected chi connectivity index (χ0v) is 12.7. The van der Waals surface area contributed by atoms with Crippen LogP contribution in [0.3, 0.4) is 0 Å². The molecule has 112 valence electrons. The molecule has 0 bridgehead atoms. The minimum absolute atomic E-state index is 0.0213. The van der Waals surface area contributed by atoms with Gasteiger partial charge in [-0.05, 0) is 31.5 Å². The molecule has 0 saturated heterocycles. The predicted octanol–water partition coefficient (Wildman–Crippen LogP) is 2.80. The normalized spacial score (nSPS) is 12.8. The highest BCUT2D eigenvalue weighted by Crippen LogP contribution is 2.29. The van der Waals surface area contributed by atoms with Crippen LogP contribution in [-0.2, 0) is 0 Å². The Balaban J connectivity index is 2.72. The average Bonchev–Trinajstić information content (AvgIpc) is 2.54. The Morgan fingerprint density at radius 3 is 2.57 bits per heavy atom. The lowest BCUT2D eigenvalue weighted by atomic mass is 10.0. The fourth-order valence-electron chi connectivity index (χ4n) is 2.06. The number of hydrogen-bond donors (Lipinski definition) is 1. The number of nitrogens with zero attached hydrogens (tertiary/aromatic N) is 2. The molecule has 1 aromatic carbocycles. The zero-order valence-electron chi connectivity index (χ0n) is 12.7. The highest BCUT2D eigenvalue weighted by Gasteiger charge is 2.15. The van der Waals surface area contributed by atoms with Gasteiger partial charge in [0.05, 0.1) is 32.3 Å². The van der Waals surface area contributed by atoms with Crippen molar-refractivity contribution in [3.8, 4) is 23.6 Å². The summed E-state index contributed by atoms with van der Waals surface area (Å²) in [4.78, 5) is 0. The number of ether oxygens (including phenoxy) is 2. The van der Waals surface area contributed by atoms with Gasteiger partial charge in [-0.1, -0.05) is 0 Å². The minimum Gasteiger partial charge on any atom is -0.497 e. The fraction of sp³-hybridized carbons (Fsp3) is 0.500. The van der Waals surface area contributed by atoms with E-state index in [0.717, 1.165) is 17.1 Å². The van der Waals surface area contributed by atoms with Crippen LogP contribution >= 0.6 is 0 Å². The molecule has 0 saturated carbocycles. The molecule has 0 amide bonds. The molecular formula is C16H21N3O2. The summed E-state index contributed by atoms with van der Waals surface area (Å²) < 4.78 is 10.6. The van der Waals surface area contributed by atoms with E-state index in [1.807, 2.05) is 25.1 Å². The van der Waals surface area contributed by atoms with Crippen molar-refractivity contribution in [1.29, 1.82) is 10.5 Å². The molecule has 0 radical (unpaired) electrons. The summed E-state index contributed by atoms with van der Waals surface area (Å²) in [6.07, 6.45) is 0.985. The van der Waals surface area contributed by atoms with Gasteiger partial charge in [-0.15, -0.1) is 0 Å². The van der Waals surface area contributed by atoms with Crippen molar-refractivity contribution in [2.24, 2.45) is 5.92 Å². The second-order valence-electron chi connectivity index (χ2n) is 4.76. The Morgan fingerprint density at radius 2 is 2.00 bits per heavy atom. The van der Waals surface area contributed by atoms with Crippen LogP contribution in [0.4, 0.5) is 0 Å². The average molecular weight is 287 g/mol. The van der Waals surface area contributed by atoms with Crippen molar-refractivity contribution in [1.82, 2.24) is 5.32 Å². The standard InChI is InChI=1S/C16H21N3O2/c1-12(19-11-13(10-18)5-4-8-17)15-9-14(20-2)6-7-16(15)21-3/h6-7,9,12-13,19H,4-5,11H2,1-3H3/t12-,13+/m0/s1. The van der Waals surface area contributed by atoms with Crippen molar-refractivity contribution in [3.63, 3.8) is 0 Å². The van der Waals surface area contributed by atoms with E-state index in [1.54, 1.807) is 14.2 Å². The first-order chi connectivity index (χ1) is 10.2. The van der Waals surface area contributed by atoms with Gasteiger partial charge in [0.15, 0.2) is 0 Å². The van der Waals surface area contributed by atoms with Crippen LogP contribution in [0.5, 0.6) is 11.5 Å². The molecule has 0 aliphatic heterocycles. The molecular weight excluding hydrogens is 266 g/mol.